The first kappa shape index (κ1) is 71.0. The number of anilines is 6. The Morgan fingerprint density at radius 3 is 0.912 bits per heavy atom. The molecule has 0 N–H and O–H groups in total. The van der Waals surface area contributed by atoms with Crippen LogP contribution in [0.2, 0.25) is 0 Å². The third kappa shape index (κ3) is 14.0. The van der Waals surface area contributed by atoms with Gasteiger partial charge in [-0.2, -0.15) is 0 Å². The van der Waals surface area contributed by atoms with Crippen LogP contribution < -0.4 is 9.80 Å². The highest BCUT2D eigenvalue weighted by atomic mass is 31.0. The number of benzene rings is 18. The maximum Gasteiger partial charge on any atom is 0.265 e. The van der Waals surface area contributed by atoms with E-state index in [-0.39, 0.29) is 0 Å². The van der Waals surface area contributed by atoms with Crippen LogP contribution in [0.15, 0.2) is 448 Å². The molecule has 536 valence electrons. The largest absolute Gasteiger partial charge is 0.344 e. The summed E-state index contributed by atoms with van der Waals surface area (Å²) in [5.41, 5.74) is 24.5. The molecule has 21 aromatic rings. The summed E-state index contributed by atoms with van der Waals surface area (Å²) < 4.78 is 5.18. The van der Waals surface area contributed by atoms with Crippen LogP contribution in [0.1, 0.15) is 0 Å². The summed E-state index contributed by atoms with van der Waals surface area (Å²) in [6.07, 6.45) is 3.75. The molecule has 0 aliphatic rings. The molecule has 2 radical (unpaired) electrons. The number of hydrogen-bond acceptors (Lipinski definition) is 5. The van der Waals surface area contributed by atoms with Crippen molar-refractivity contribution in [2.24, 2.45) is 4.66 Å². The van der Waals surface area contributed by atoms with Crippen molar-refractivity contribution in [1.29, 1.82) is 0 Å². The SMILES string of the molecule is [B]N=P.c1ccc(-c2c3ccccc3c(-c3ccc(-n4c5ccccc5c5ccccc54)cc3)c3ccccc23)cc1.c1ccc(-c2ccnc3c2ccc2c(-c4ccccc4)ccnc23)cc1.c1ccc(N(c2ccc(-c3ccc(N(c4ccccc4)c4cccc5ccccc45)cc3)cc2)c2cccc3ccccc23)cc1. The Hall–Kier alpha value is -14.6. The van der Waals surface area contributed by atoms with Gasteiger partial charge in [-0.3, -0.25) is 9.97 Å². The molecule has 0 aliphatic carbocycles. The summed E-state index contributed by atoms with van der Waals surface area (Å²) in [6, 6.07) is 153. The highest BCUT2D eigenvalue weighted by Gasteiger charge is 2.21. The Bertz CT molecular complexity index is 6610. The molecule has 3 aromatic heterocycles. The number of rotatable bonds is 12. The van der Waals surface area contributed by atoms with Crippen LogP contribution in [0.3, 0.4) is 0 Å². The smallest absolute Gasteiger partial charge is 0.265 e. The first-order valence-corrected chi connectivity index (χ1v) is 38.8. The van der Waals surface area contributed by atoms with Gasteiger partial charge in [0, 0.05) is 73.1 Å². The average Bonchev–Trinajstić information content (AvgIpc) is 0.786. The summed E-state index contributed by atoms with van der Waals surface area (Å²) in [6.45, 7) is 0. The molecule has 8 heteroatoms. The molecule has 21 rings (SSSR count). The fourth-order valence-corrected chi connectivity index (χ4v) is 16.3. The van der Waals surface area contributed by atoms with E-state index >= 15 is 0 Å². The number of para-hydroxylation sites is 4. The first-order chi connectivity index (χ1) is 56.5. The minimum Gasteiger partial charge on any atom is -0.344 e. The molecule has 0 saturated carbocycles. The molecule has 0 amide bonds. The predicted molar refractivity (Wildman–Crippen MR) is 487 cm³/mol. The van der Waals surface area contributed by atoms with E-state index in [9.17, 15) is 0 Å². The topological polar surface area (TPSA) is 49.6 Å². The lowest BCUT2D eigenvalue weighted by Gasteiger charge is -2.27. The van der Waals surface area contributed by atoms with E-state index in [0.717, 1.165) is 55.9 Å². The molecule has 114 heavy (non-hydrogen) atoms. The lowest BCUT2D eigenvalue weighted by atomic mass is 9.86. The van der Waals surface area contributed by atoms with Gasteiger partial charge in [0.05, 0.1) is 33.4 Å². The molecule has 3 heterocycles. The van der Waals surface area contributed by atoms with E-state index in [1.807, 2.05) is 24.5 Å². The molecule has 0 unspecified atom stereocenters. The summed E-state index contributed by atoms with van der Waals surface area (Å²) in [7, 11) is 6.97. The third-order valence-corrected chi connectivity index (χ3v) is 21.4. The van der Waals surface area contributed by atoms with Crippen LogP contribution in [0.5, 0.6) is 0 Å². The van der Waals surface area contributed by atoms with Crippen molar-refractivity contribution >= 4 is 138 Å². The maximum atomic E-state index is 4.67. The summed E-state index contributed by atoms with van der Waals surface area (Å²) in [5.74, 6) is 0. The third-order valence-electron chi connectivity index (χ3n) is 21.4. The number of nitrogens with zero attached hydrogens (tertiary/aromatic N) is 6. The molecule has 0 bridgehead atoms. The Kier molecular flexibility index (Phi) is 20.3. The number of aromatic nitrogens is 3. The van der Waals surface area contributed by atoms with Crippen molar-refractivity contribution in [2.45, 2.75) is 0 Å². The van der Waals surface area contributed by atoms with Gasteiger partial charge in [0.15, 0.2) is 0 Å². The van der Waals surface area contributed by atoms with E-state index in [2.05, 4.69) is 465 Å². The summed E-state index contributed by atoms with van der Waals surface area (Å²) in [4.78, 5) is 14.0. The molecule has 0 saturated heterocycles. The molecule has 0 spiro atoms. The first-order valence-electron chi connectivity index (χ1n) is 38.3. The quantitative estimate of drug-likeness (QED) is 0.0529. The minimum absolute atomic E-state index is 0.946. The maximum absolute atomic E-state index is 4.67. The van der Waals surface area contributed by atoms with Crippen molar-refractivity contribution in [3.8, 4) is 61.3 Å². The minimum atomic E-state index is 0.946. The van der Waals surface area contributed by atoms with Crippen LogP contribution in [0.25, 0.3) is 148 Å². The molecule has 6 nitrogen and oxygen atoms in total. The van der Waals surface area contributed by atoms with Crippen LogP contribution in [-0.4, -0.2) is 22.5 Å². The van der Waals surface area contributed by atoms with Gasteiger partial charge in [0.25, 0.3) is 7.98 Å². The average molecular weight is 1470 g/mol. The van der Waals surface area contributed by atoms with Crippen molar-refractivity contribution in [1.82, 2.24) is 14.5 Å². The van der Waals surface area contributed by atoms with Gasteiger partial charge in [-0.25, -0.2) is 0 Å². The summed E-state index contributed by atoms with van der Waals surface area (Å²) >= 11 is 0. The highest BCUT2D eigenvalue weighted by molar-refractivity contribution is 7.05. The van der Waals surface area contributed by atoms with Gasteiger partial charge in [-0.1, -0.05) is 334 Å². The monoisotopic (exact) mass is 1470 g/mol. The number of fused-ring (bicyclic) bond motifs is 10. The molecule has 0 aliphatic heterocycles. The molecule has 18 aromatic carbocycles. The zero-order valence-electron chi connectivity index (χ0n) is 62.4. The van der Waals surface area contributed by atoms with Crippen molar-refractivity contribution in [3.63, 3.8) is 0 Å². The Labute approximate surface area is 666 Å². The standard InChI is InChI=1S/C44H32N2.C38H25N.C24H16N2.BHNP/c1-3-17-37(18-4-1)45(43-23-11-15-35-13-7-9-21-41(35)43)39-29-25-33(26-30-39)34-27-31-40(32-28-34)46(38-19-5-2-6-20-38)44-24-12-16-36-14-8-10-22-42(36)44;1-2-12-26(13-3-1)37-31-16-4-6-18-33(31)38(34-19-7-5-17-32(34)37)27-22-24-28(25-23-27)39-35-20-10-8-14-29(35)30-15-9-11-21-36(30)39;1-3-7-17(8-4-1)19-13-15-25-23-21(19)11-12-22-20(14-16-26-24(22)23)18-9-5-2-6-10-18;1-2-3/h1-32H;1-25H;1-16H;3H. The number of hydrogen-bond donors (Lipinski definition) is 0. The van der Waals surface area contributed by atoms with E-state index in [0.29, 0.717) is 0 Å². The van der Waals surface area contributed by atoms with Gasteiger partial charge < -0.3 is 19.0 Å². The van der Waals surface area contributed by atoms with Crippen molar-refractivity contribution in [2.75, 3.05) is 9.80 Å². The van der Waals surface area contributed by atoms with Gasteiger partial charge in [-0.15, -0.1) is 0 Å². The zero-order valence-corrected chi connectivity index (χ0v) is 63.4. The number of pyridine rings is 2. The summed E-state index contributed by atoms with van der Waals surface area (Å²) in [5, 5.41) is 14.8. The molecule has 0 fully saturated rings. The van der Waals surface area contributed by atoms with Gasteiger partial charge in [-0.05, 0) is 194 Å². The molecular formula is C106H74BN6P. The Morgan fingerprint density at radius 2 is 0.526 bits per heavy atom. The van der Waals surface area contributed by atoms with Gasteiger partial charge in [0.2, 0.25) is 0 Å². The van der Waals surface area contributed by atoms with E-state index in [1.165, 1.54) is 126 Å². The lowest BCUT2D eigenvalue weighted by molar-refractivity contribution is 1.18. The second-order valence-electron chi connectivity index (χ2n) is 28.0. The second-order valence-corrected chi connectivity index (χ2v) is 28.3. The van der Waals surface area contributed by atoms with Gasteiger partial charge >= 0.3 is 0 Å². The zero-order chi connectivity index (χ0) is 76.5. The Morgan fingerprint density at radius 1 is 0.237 bits per heavy atom. The van der Waals surface area contributed by atoms with Crippen LogP contribution in [0.4, 0.5) is 34.1 Å². The van der Waals surface area contributed by atoms with E-state index in [4.69, 9.17) is 0 Å². The van der Waals surface area contributed by atoms with Crippen molar-refractivity contribution in [3.05, 3.63) is 443 Å². The second kappa shape index (κ2) is 32.5. The fraction of sp³-hybridized carbons (Fsp3) is 0. The van der Waals surface area contributed by atoms with Crippen LogP contribution in [-0.2, 0) is 0 Å². The predicted octanol–water partition coefficient (Wildman–Crippen LogP) is 29.5. The van der Waals surface area contributed by atoms with E-state index < -0.39 is 0 Å². The molecule has 0 atom stereocenters. The fourth-order valence-electron chi connectivity index (χ4n) is 16.3. The van der Waals surface area contributed by atoms with Crippen LogP contribution >= 0.6 is 9.03 Å². The Balaban J connectivity index is 0.000000121. The van der Waals surface area contributed by atoms with Crippen molar-refractivity contribution < 1.29 is 0 Å². The molecular weight excluding hydrogens is 1400 g/mol. The van der Waals surface area contributed by atoms with Crippen LogP contribution in [0, 0.1) is 0 Å². The highest BCUT2D eigenvalue weighted by Crippen LogP contribution is 2.46. The lowest BCUT2D eigenvalue weighted by Crippen LogP contribution is -2.10. The van der Waals surface area contributed by atoms with Gasteiger partial charge in [0.1, 0.15) is 0 Å². The van der Waals surface area contributed by atoms with E-state index in [1.54, 1.807) is 0 Å². The normalized spacial score (nSPS) is 11.1.